The highest BCUT2D eigenvalue weighted by Crippen LogP contribution is 2.41. The standard InChI is InChI=1S/C28H46O6/c1-19(2)14-15-24-28(10,34-27(8,9)33-24)23(30)18-22(29)21(4)13-11-12-20(3)16-17-32-25(31)26(5,6)7/h13-14,16,23-24,30H,11-12,15,17-18H2,1-10H3/b20-16+,21-13+/t23-,24+,28-/m1/s1. The number of esters is 1. The number of rotatable bonds is 11. The molecule has 6 heteroatoms. The SMILES string of the molecule is CC(C)=CC[C@@H]1OC(C)(C)O[C@]1(C)[C@H](O)CC(=O)/C(C)=C/CC/C(C)=C/COC(=O)C(C)(C)C. The Hall–Kier alpha value is -1.76. The zero-order valence-electron chi connectivity index (χ0n) is 22.9. The number of aliphatic hydroxyl groups excluding tert-OH is 1. The minimum Gasteiger partial charge on any atom is -0.461 e. The van der Waals surface area contributed by atoms with Gasteiger partial charge in [0.25, 0.3) is 0 Å². The largest absolute Gasteiger partial charge is 0.461 e. The third kappa shape index (κ3) is 9.47. The molecule has 1 heterocycles. The molecule has 0 radical (unpaired) electrons. The summed E-state index contributed by atoms with van der Waals surface area (Å²) in [6, 6.07) is 0. The number of ether oxygens (including phenoxy) is 3. The molecule has 1 saturated heterocycles. The van der Waals surface area contributed by atoms with Crippen LogP contribution in [0.2, 0.25) is 0 Å². The van der Waals surface area contributed by atoms with Crippen LogP contribution in [0.1, 0.15) is 94.9 Å². The Bertz CT molecular complexity index is 807. The van der Waals surface area contributed by atoms with Crippen molar-refractivity contribution >= 4 is 11.8 Å². The number of aliphatic hydroxyl groups is 1. The number of carbonyl (C=O) groups is 2. The van der Waals surface area contributed by atoms with Crippen molar-refractivity contribution in [3.63, 3.8) is 0 Å². The first-order valence-electron chi connectivity index (χ1n) is 12.2. The van der Waals surface area contributed by atoms with Crippen molar-refractivity contribution < 1.29 is 28.9 Å². The zero-order chi connectivity index (χ0) is 26.3. The van der Waals surface area contributed by atoms with E-state index in [2.05, 4.69) is 6.08 Å². The molecule has 1 aliphatic heterocycles. The van der Waals surface area contributed by atoms with Crippen LogP contribution in [0.5, 0.6) is 0 Å². The summed E-state index contributed by atoms with van der Waals surface area (Å²) in [5.74, 6) is -1.16. The van der Waals surface area contributed by atoms with E-state index in [9.17, 15) is 14.7 Å². The smallest absolute Gasteiger partial charge is 0.311 e. The molecule has 3 atom stereocenters. The van der Waals surface area contributed by atoms with E-state index < -0.39 is 22.9 Å². The molecule has 1 aliphatic rings. The van der Waals surface area contributed by atoms with Crippen molar-refractivity contribution in [2.24, 2.45) is 5.41 Å². The molecular weight excluding hydrogens is 432 g/mol. The van der Waals surface area contributed by atoms with E-state index in [1.807, 2.05) is 74.5 Å². The Labute approximate surface area is 206 Å². The van der Waals surface area contributed by atoms with Gasteiger partial charge in [-0.2, -0.15) is 0 Å². The van der Waals surface area contributed by atoms with E-state index in [4.69, 9.17) is 14.2 Å². The average molecular weight is 479 g/mol. The van der Waals surface area contributed by atoms with Gasteiger partial charge in [-0.3, -0.25) is 9.59 Å². The Morgan fingerprint density at radius 3 is 2.24 bits per heavy atom. The fraction of sp³-hybridized carbons (Fsp3) is 0.714. The molecule has 34 heavy (non-hydrogen) atoms. The van der Waals surface area contributed by atoms with E-state index in [0.717, 1.165) is 17.6 Å². The molecule has 0 amide bonds. The van der Waals surface area contributed by atoms with Gasteiger partial charge < -0.3 is 19.3 Å². The summed E-state index contributed by atoms with van der Waals surface area (Å²) < 4.78 is 17.4. The quantitative estimate of drug-likeness (QED) is 0.228. The lowest BCUT2D eigenvalue weighted by Gasteiger charge is -2.33. The van der Waals surface area contributed by atoms with Gasteiger partial charge in [0.15, 0.2) is 11.6 Å². The van der Waals surface area contributed by atoms with Crippen LogP contribution in [0.4, 0.5) is 0 Å². The zero-order valence-corrected chi connectivity index (χ0v) is 22.9. The summed E-state index contributed by atoms with van der Waals surface area (Å²) in [5.41, 5.74) is 1.38. The molecule has 1 rings (SSSR count). The number of Topliss-reactive ketones (excluding diaryl/α,β-unsaturated/α-hetero) is 1. The maximum Gasteiger partial charge on any atom is 0.311 e. The number of hydrogen-bond acceptors (Lipinski definition) is 6. The van der Waals surface area contributed by atoms with Crippen LogP contribution in [0.25, 0.3) is 0 Å². The molecule has 0 aliphatic carbocycles. The minimum absolute atomic E-state index is 0.0266. The van der Waals surface area contributed by atoms with Crippen molar-refractivity contribution in [2.75, 3.05) is 6.61 Å². The van der Waals surface area contributed by atoms with Crippen LogP contribution < -0.4 is 0 Å². The van der Waals surface area contributed by atoms with Crippen molar-refractivity contribution in [3.8, 4) is 0 Å². The van der Waals surface area contributed by atoms with Crippen molar-refractivity contribution in [2.45, 2.75) is 119 Å². The summed E-state index contributed by atoms with van der Waals surface area (Å²) in [6.07, 6.45) is 6.55. The fourth-order valence-electron chi connectivity index (χ4n) is 3.73. The van der Waals surface area contributed by atoms with Crippen LogP contribution in [-0.4, -0.2) is 47.1 Å². The van der Waals surface area contributed by atoms with Crippen LogP contribution in [0.3, 0.4) is 0 Å². The summed E-state index contributed by atoms with van der Waals surface area (Å²) in [7, 11) is 0. The summed E-state index contributed by atoms with van der Waals surface area (Å²) in [5, 5.41) is 11.0. The van der Waals surface area contributed by atoms with Crippen molar-refractivity contribution in [1.29, 1.82) is 0 Å². The van der Waals surface area contributed by atoms with E-state index in [-0.39, 0.29) is 30.9 Å². The average Bonchev–Trinajstić information content (AvgIpc) is 2.94. The van der Waals surface area contributed by atoms with E-state index in [0.29, 0.717) is 18.4 Å². The molecule has 6 nitrogen and oxygen atoms in total. The highest BCUT2D eigenvalue weighted by molar-refractivity contribution is 5.95. The summed E-state index contributed by atoms with van der Waals surface area (Å²) >= 11 is 0. The van der Waals surface area contributed by atoms with Gasteiger partial charge in [-0.15, -0.1) is 0 Å². The molecule has 0 saturated carbocycles. The second-order valence-electron chi connectivity index (χ2n) is 11.3. The molecule has 0 bridgehead atoms. The van der Waals surface area contributed by atoms with Gasteiger partial charge in [0.05, 0.1) is 17.6 Å². The molecule has 1 fully saturated rings. The Morgan fingerprint density at radius 1 is 1.06 bits per heavy atom. The van der Waals surface area contributed by atoms with Crippen LogP contribution in [0, 0.1) is 5.41 Å². The molecule has 0 unspecified atom stereocenters. The monoisotopic (exact) mass is 478 g/mol. The number of hydrogen-bond donors (Lipinski definition) is 1. The minimum atomic E-state index is -0.986. The van der Waals surface area contributed by atoms with E-state index in [1.54, 1.807) is 6.92 Å². The van der Waals surface area contributed by atoms with Gasteiger partial charge in [-0.25, -0.2) is 0 Å². The topological polar surface area (TPSA) is 82.1 Å². The molecule has 194 valence electrons. The van der Waals surface area contributed by atoms with Gasteiger partial charge in [-0.05, 0) is 100 Å². The summed E-state index contributed by atoms with van der Waals surface area (Å²) in [6.45, 7) is 19.0. The lowest BCUT2D eigenvalue weighted by molar-refractivity contribution is -0.180. The van der Waals surface area contributed by atoms with Crippen LogP contribution in [0.15, 0.2) is 34.9 Å². The number of allylic oxidation sites excluding steroid dienone is 4. The van der Waals surface area contributed by atoms with Gasteiger partial charge in [-0.1, -0.05) is 23.3 Å². The fourth-order valence-corrected chi connectivity index (χ4v) is 3.73. The normalized spacial score (nSPS) is 24.0. The molecule has 0 aromatic carbocycles. The van der Waals surface area contributed by atoms with Gasteiger partial charge in [0.2, 0.25) is 0 Å². The predicted molar refractivity (Wildman–Crippen MR) is 135 cm³/mol. The Morgan fingerprint density at radius 2 is 1.68 bits per heavy atom. The highest BCUT2D eigenvalue weighted by atomic mass is 16.8. The van der Waals surface area contributed by atoms with E-state index >= 15 is 0 Å². The Balaban J connectivity index is 2.66. The van der Waals surface area contributed by atoms with Crippen molar-refractivity contribution in [1.82, 2.24) is 0 Å². The Kier molecular flexibility index (Phi) is 10.9. The first kappa shape index (κ1) is 30.3. The lowest BCUT2D eigenvalue weighted by atomic mass is 9.86. The molecular formula is C28H46O6. The highest BCUT2D eigenvalue weighted by Gasteiger charge is 2.54. The van der Waals surface area contributed by atoms with Gasteiger partial charge in [0, 0.05) is 6.42 Å². The maximum atomic E-state index is 12.8. The molecule has 0 aromatic rings. The predicted octanol–water partition coefficient (Wildman–Crippen LogP) is 5.84. The maximum absolute atomic E-state index is 12.8. The van der Waals surface area contributed by atoms with Crippen LogP contribution in [-0.2, 0) is 23.8 Å². The third-order valence-corrected chi connectivity index (χ3v) is 6.00. The number of carbonyl (C=O) groups excluding carboxylic acids is 2. The second-order valence-corrected chi connectivity index (χ2v) is 11.3. The van der Waals surface area contributed by atoms with Crippen molar-refractivity contribution in [3.05, 3.63) is 34.9 Å². The number of ketones is 1. The first-order valence-corrected chi connectivity index (χ1v) is 12.2. The first-order chi connectivity index (χ1) is 15.5. The second kappa shape index (κ2) is 12.3. The van der Waals surface area contributed by atoms with Gasteiger partial charge >= 0.3 is 5.97 Å². The molecule has 1 N–H and O–H groups in total. The lowest BCUT2D eigenvalue weighted by Crippen LogP contribution is -2.49. The van der Waals surface area contributed by atoms with Gasteiger partial charge in [0.1, 0.15) is 12.2 Å². The van der Waals surface area contributed by atoms with E-state index in [1.165, 1.54) is 0 Å². The summed E-state index contributed by atoms with van der Waals surface area (Å²) in [4.78, 5) is 24.6. The molecule has 0 spiro atoms. The molecule has 0 aromatic heterocycles. The third-order valence-electron chi connectivity index (χ3n) is 6.00. The van der Waals surface area contributed by atoms with Crippen LogP contribution >= 0.6 is 0 Å².